The average molecular weight is 263 g/mol. The van der Waals surface area contributed by atoms with Crippen molar-refractivity contribution in [2.24, 2.45) is 5.92 Å². The van der Waals surface area contributed by atoms with Crippen LogP contribution in [0.5, 0.6) is 0 Å². The van der Waals surface area contributed by atoms with Crippen LogP contribution in [-0.4, -0.2) is 43.1 Å². The van der Waals surface area contributed by atoms with E-state index < -0.39 is 0 Å². The first-order valence-electron chi connectivity index (χ1n) is 6.66. The lowest BCUT2D eigenvalue weighted by atomic mass is 9.97. The number of nitrogens with zero attached hydrogens (tertiary/aromatic N) is 2. The van der Waals surface area contributed by atoms with Crippen LogP contribution in [-0.2, 0) is 16.1 Å². The predicted molar refractivity (Wildman–Crippen MR) is 73.8 cm³/mol. The summed E-state index contributed by atoms with van der Waals surface area (Å²) in [7, 11) is 3.35. The Hall–Kier alpha value is -1.62. The number of aromatic nitrogens is 1. The summed E-state index contributed by atoms with van der Waals surface area (Å²) < 4.78 is 4.80. The molecule has 5 heteroatoms. The summed E-state index contributed by atoms with van der Waals surface area (Å²) in [4.78, 5) is 18.1. The first-order chi connectivity index (χ1) is 9.24. The normalized spacial score (nSPS) is 17.2. The van der Waals surface area contributed by atoms with Gasteiger partial charge in [-0.1, -0.05) is 6.07 Å². The molecule has 0 spiro atoms. The number of anilines is 1. The largest absolute Gasteiger partial charge is 0.469 e. The van der Waals surface area contributed by atoms with E-state index in [9.17, 15) is 4.79 Å². The second-order valence-corrected chi connectivity index (χ2v) is 4.83. The predicted octanol–water partition coefficient (Wildman–Crippen LogP) is 1.51. The molecule has 2 heterocycles. The number of pyridine rings is 1. The van der Waals surface area contributed by atoms with Crippen molar-refractivity contribution in [3.63, 3.8) is 0 Å². The summed E-state index contributed by atoms with van der Waals surface area (Å²) in [6.45, 7) is 2.73. The Balaban J connectivity index is 1.90. The van der Waals surface area contributed by atoms with Gasteiger partial charge in [-0.25, -0.2) is 4.98 Å². The van der Waals surface area contributed by atoms with E-state index >= 15 is 0 Å². The van der Waals surface area contributed by atoms with Gasteiger partial charge < -0.3 is 10.1 Å². The van der Waals surface area contributed by atoms with Crippen LogP contribution in [0.3, 0.4) is 0 Å². The van der Waals surface area contributed by atoms with Crippen LogP contribution < -0.4 is 5.32 Å². The van der Waals surface area contributed by atoms with Gasteiger partial charge in [0.05, 0.1) is 13.0 Å². The van der Waals surface area contributed by atoms with Gasteiger partial charge in [0.2, 0.25) is 0 Å². The highest BCUT2D eigenvalue weighted by atomic mass is 16.5. The second-order valence-electron chi connectivity index (χ2n) is 4.83. The zero-order valence-corrected chi connectivity index (χ0v) is 11.6. The number of nitrogens with one attached hydrogen (secondary N) is 1. The Morgan fingerprint density at radius 1 is 1.53 bits per heavy atom. The fourth-order valence-electron chi connectivity index (χ4n) is 2.53. The summed E-state index contributed by atoms with van der Waals surface area (Å²) in [5, 5.41) is 3.11. The molecule has 2 rings (SSSR count). The minimum atomic E-state index is -0.0723. The summed E-state index contributed by atoms with van der Waals surface area (Å²) in [6, 6.07) is 4.04. The van der Waals surface area contributed by atoms with Gasteiger partial charge in [0.15, 0.2) is 0 Å². The van der Waals surface area contributed by atoms with E-state index in [1.165, 1.54) is 12.7 Å². The SMILES string of the molecule is CNc1ncccc1CN1CCC(C(=O)OC)CC1. The number of piperidine rings is 1. The second kappa shape index (κ2) is 6.52. The quantitative estimate of drug-likeness (QED) is 0.834. The molecular formula is C14H21N3O2. The fourth-order valence-corrected chi connectivity index (χ4v) is 2.53. The standard InChI is InChI=1S/C14H21N3O2/c1-15-13-12(4-3-7-16-13)10-17-8-5-11(6-9-17)14(18)19-2/h3-4,7,11H,5-6,8-10H2,1-2H3,(H,15,16). The molecule has 19 heavy (non-hydrogen) atoms. The summed E-state index contributed by atoms with van der Waals surface area (Å²) in [6.07, 6.45) is 3.54. The highest BCUT2D eigenvalue weighted by Crippen LogP contribution is 2.21. The lowest BCUT2D eigenvalue weighted by Crippen LogP contribution is -2.36. The molecule has 5 nitrogen and oxygen atoms in total. The van der Waals surface area contributed by atoms with Gasteiger partial charge in [-0.3, -0.25) is 9.69 Å². The molecule has 0 saturated carbocycles. The molecule has 1 fully saturated rings. The molecule has 104 valence electrons. The lowest BCUT2D eigenvalue weighted by molar-refractivity contribution is -0.147. The number of hydrogen-bond acceptors (Lipinski definition) is 5. The van der Waals surface area contributed by atoms with Gasteiger partial charge in [-0.2, -0.15) is 0 Å². The molecular weight excluding hydrogens is 242 g/mol. The molecule has 0 bridgehead atoms. The van der Waals surface area contributed by atoms with Crippen LogP contribution >= 0.6 is 0 Å². The molecule has 0 atom stereocenters. The average Bonchev–Trinajstić information content (AvgIpc) is 2.48. The van der Waals surface area contributed by atoms with E-state index in [-0.39, 0.29) is 11.9 Å². The number of carbonyl (C=O) groups excluding carboxylic acids is 1. The zero-order chi connectivity index (χ0) is 13.7. The lowest BCUT2D eigenvalue weighted by Gasteiger charge is -2.30. The molecule has 0 radical (unpaired) electrons. The number of likely N-dealkylation sites (tertiary alicyclic amines) is 1. The van der Waals surface area contributed by atoms with Crippen LogP contribution in [0, 0.1) is 5.92 Å². The highest BCUT2D eigenvalue weighted by molar-refractivity contribution is 5.72. The van der Waals surface area contributed by atoms with E-state index in [2.05, 4.69) is 21.3 Å². The Bertz CT molecular complexity index is 428. The molecule has 1 N–H and O–H groups in total. The summed E-state index contributed by atoms with van der Waals surface area (Å²) in [5.41, 5.74) is 1.20. The number of rotatable bonds is 4. The summed E-state index contributed by atoms with van der Waals surface area (Å²) >= 11 is 0. The minimum absolute atomic E-state index is 0.0684. The van der Waals surface area contributed by atoms with Crippen LogP contribution in [0.25, 0.3) is 0 Å². The number of methoxy groups -OCH3 is 1. The molecule has 0 aromatic carbocycles. The molecule has 0 aliphatic carbocycles. The Morgan fingerprint density at radius 3 is 2.89 bits per heavy atom. The Morgan fingerprint density at radius 2 is 2.26 bits per heavy atom. The molecule has 0 amide bonds. The van der Waals surface area contributed by atoms with Gasteiger partial charge in [0.25, 0.3) is 0 Å². The minimum Gasteiger partial charge on any atom is -0.469 e. The maximum atomic E-state index is 11.5. The van der Waals surface area contributed by atoms with Crippen molar-refractivity contribution in [3.05, 3.63) is 23.9 Å². The van der Waals surface area contributed by atoms with Crippen LogP contribution in [0.15, 0.2) is 18.3 Å². The van der Waals surface area contributed by atoms with Gasteiger partial charge in [-0.15, -0.1) is 0 Å². The van der Waals surface area contributed by atoms with Crippen LogP contribution in [0.2, 0.25) is 0 Å². The number of carbonyl (C=O) groups is 1. The number of ether oxygens (including phenoxy) is 1. The monoisotopic (exact) mass is 263 g/mol. The van der Waals surface area contributed by atoms with E-state index in [0.29, 0.717) is 0 Å². The van der Waals surface area contributed by atoms with Crippen molar-refractivity contribution in [2.75, 3.05) is 32.6 Å². The summed E-state index contributed by atoms with van der Waals surface area (Å²) in [5.74, 6) is 0.924. The van der Waals surface area contributed by atoms with Gasteiger partial charge >= 0.3 is 5.97 Å². The van der Waals surface area contributed by atoms with Gasteiger partial charge in [0.1, 0.15) is 5.82 Å². The molecule has 1 aliphatic rings. The topological polar surface area (TPSA) is 54.5 Å². The first kappa shape index (κ1) is 13.8. The molecule has 1 aromatic rings. The zero-order valence-electron chi connectivity index (χ0n) is 11.6. The number of esters is 1. The maximum Gasteiger partial charge on any atom is 0.308 e. The van der Waals surface area contributed by atoms with Crippen molar-refractivity contribution in [1.29, 1.82) is 0 Å². The van der Waals surface area contributed by atoms with E-state index in [4.69, 9.17) is 4.74 Å². The molecule has 0 unspecified atom stereocenters. The first-order valence-corrected chi connectivity index (χ1v) is 6.66. The van der Waals surface area contributed by atoms with Crippen molar-refractivity contribution < 1.29 is 9.53 Å². The number of hydrogen-bond donors (Lipinski definition) is 1. The van der Waals surface area contributed by atoms with E-state index in [1.807, 2.05) is 13.1 Å². The maximum absolute atomic E-state index is 11.5. The van der Waals surface area contributed by atoms with Crippen LogP contribution in [0.4, 0.5) is 5.82 Å². The molecule has 1 aliphatic heterocycles. The Labute approximate surface area is 114 Å². The van der Waals surface area contributed by atoms with Crippen molar-refractivity contribution in [1.82, 2.24) is 9.88 Å². The third-order valence-electron chi connectivity index (χ3n) is 3.64. The smallest absolute Gasteiger partial charge is 0.308 e. The van der Waals surface area contributed by atoms with E-state index in [1.54, 1.807) is 6.20 Å². The fraction of sp³-hybridized carbons (Fsp3) is 0.571. The molecule has 1 saturated heterocycles. The third-order valence-corrected chi connectivity index (χ3v) is 3.64. The van der Waals surface area contributed by atoms with E-state index in [0.717, 1.165) is 38.3 Å². The van der Waals surface area contributed by atoms with Crippen molar-refractivity contribution in [3.8, 4) is 0 Å². The van der Waals surface area contributed by atoms with Crippen LogP contribution in [0.1, 0.15) is 18.4 Å². The van der Waals surface area contributed by atoms with Crippen molar-refractivity contribution in [2.45, 2.75) is 19.4 Å². The highest BCUT2D eigenvalue weighted by Gasteiger charge is 2.25. The van der Waals surface area contributed by atoms with Gasteiger partial charge in [-0.05, 0) is 32.0 Å². The Kier molecular flexibility index (Phi) is 4.74. The van der Waals surface area contributed by atoms with Gasteiger partial charge in [0, 0.05) is 25.4 Å². The molecule has 1 aromatic heterocycles. The third kappa shape index (κ3) is 3.44. The van der Waals surface area contributed by atoms with Crippen molar-refractivity contribution >= 4 is 11.8 Å².